The number of methoxy groups -OCH3 is 1. The molecule has 38 heavy (non-hydrogen) atoms. The van der Waals surface area contributed by atoms with Crippen LogP contribution in [0.5, 0.6) is 5.75 Å². The SMILES string of the molecule is COc1cc(NCC#Cc2sc3c(NC4CCN(C)CC4F)cccc3c2CC(F)(F)F)cc(C(N)=O)c1. The highest BCUT2D eigenvalue weighted by atomic mass is 32.1. The number of primary amides is 1. The van der Waals surface area contributed by atoms with E-state index in [9.17, 15) is 22.4 Å². The number of fused-ring (bicyclic) bond motifs is 1. The van der Waals surface area contributed by atoms with E-state index in [-0.39, 0.29) is 17.7 Å². The van der Waals surface area contributed by atoms with Gasteiger partial charge < -0.3 is 26.0 Å². The molecule has 1 fully saturated rings. The van der Waals surface area contributed by atoms with Crippen molar-refractivity contribution < 1.29 is 27.1 Å². The highest BCUT2D eigenvalue weighted by molar-refractivity contribution is 7.20. The molecule has 1 amide bonds. The monoisotopic (exact) mass is 548 g/mol. The first-order valence-electron chi connectivity index (χ1n) is 12.0. The molecule has 4 N–H and O–H groups in total. The number of nitrogens with two attached hydrogens (primary N) is 1. The lowest BCUT2D eigenvalue weighted by molar-refractivity contribution is -0.126. The van der Waals surface area contributed by atoms with Gasteiger partial charge in [-0.3, -0.25) is 4.79 Å². The minimum atomic E-state index is -4.42. The van der Waals surface area contributed by atoms with Gasteiger partial charge in [-0.25, -0.2) is 4.39 Å². The summed E-state index contributed by atoms with van der Waals surface area (Å²) < 4.78 is 60.9. The van der Waals surface area contributed by atoms with Crippen LogP contribution in [0.4, 0.5) is 28.9 Å². The van der Waals surface area contributed by atoms with Crippen molar-refractivity contribution >= 4 is 38.7 Å². The first-order valence-corrected chi connectivity index (χ1v) is 12.8. The average molecular weight is 549 g/mol. The number of halogens is 4. The number of ether oxygens (including phenoxy) is 1. The molecule has 1 saturated heterocycles. The normalized spacial score (nSPS) is 18.1. The van der Waals surface area contributed by atoms with Crippen molar-refractivity contribution in [1.82, 2.24) is 4.90 Å². The van der Waals surface area contributed by atoms with Crippen LogP contribution in [-0.2, 0) is 6.42 Å². The highest BCUT2D eigenvalue weighted by Gasteiger charge is 2.32. The van der Waals surface area contributed by atoms with Gasteiger partial charge in [-0.2, -0.15) is 13.2 Å². The standard InChI is InChI=1S/C27H28F4N4O2S/c1-35-10-8-22(21(28)15-35)34-23-6-3-5-19-20(14-27(29,30)31)24(38-25(19)23)7-4-9-33-17-11-16(26(32)36)12-18(13-17)37-2/h3,5-6,11-13,21-22,33-34H,8-10,14-15H2,1-2H3,(H2,32,36). The number of likely N-dealkylation sites (tertiary alicyclic amines) is 1. The summed E-state index contributed by atoms with van der Waals surface area (Å²) in [6.45, 7) is 1.14. The molecule has 1 aromatic heterocycles. The number of anilines is 2. The van der Waals surface area contributed by atoms with E-state index in [1.165, 1.54) is 13.2 Å². The third kappa shape index (κ3) is 6.68. The van der Waals surface area contributed by atoms with Crippen molar-refractivity contribution in [3.63, 3.8) is 0 Å². The van der Waals surface area contributed by atoms with Gasteiger partial charge in [0.05, 0.1) is 41.4 Å². The van der Waals surface area contributed by atoms with Gasteiger partial charge in [0.15, 0.2) is 0 Å². The number of rotatable bonds is 7. The minimum Gasteiger partial charge on any atom is -0.497 e. The Hall–Kier alpha value is -3.49. The number of carbonyl (C=O) groups is 1. The maximum absolute atomic E-state index is 14.6. The van der Waals surface area contributed by atoms with Gasteiger partial charge in [0, 0.05) is 30.4 Å². The van der Waals surface area contributed by atoms with Crippen LogP contribution in [-0.4, -0.2) is 63.0 Å². The molecule has 0 spiro atoms. The quantitative estimate of drug-likeness (QED) is 0.285. The predicted octanol–water partition coefficient (Wildman–Crippen LogP) is 5.03. The van der Waals surface area contributed by atoms with Crippen molar-refractivity contribution in [2.45, 2.75) is 31.2 Å². The van der Waals surface area contributed by atoms with Crippen LogP contribution in [0.1, 0.15) is 27.2 Å². The van der Waals surface area contributed by atoms with E-state index in [0.29, 0.717) is 45.1 Å². The van der Waals surface area contributed by atoms with Gasteiger partial charge in [-0.15, -0.1) is 11.3 Å². The molecule has 2 unspecified atom stereocenters. The van der Waals surface area contributed by atoms with Gasteiger partial charge in [0.1, 0.15) is 11.9 Å². The first kappa shape index (κ1) is 27.5. The Kier molecular flexibility index (Phi) is 8.33. The smallest absolute Gasteiger partial charge is 0.393 e. The molecule has 0 aliphatic carbocycles. The van der Waals surface area contributed by atoms with Crippen LogP contribution in [0.2, 0.25) is 0 Å². The number of carbonyl (C=O) groups excluding carboxylic acids is 1. The summed E-state index contributed by atoms with van der Waals surface area (Å²) in [4.78, 5) is 13.8. The number of nitrogens with zero attached hydrogens (tertiary/aromatic N) is 1. The molecule has 4 rings (SSSR count). The molecule has 2 atom stereocenters. The molecule has 3 aromatic rings. The number of thiophene rings is 1. The van der Waals surface area contributed by atoms with Gasteiger partial charge in [0.25, 0.3) is 0 Å². The van der Waals surface area contributed by atoms with E-state index in [2.05, 4.69) is 22.5 Å². The molecule has 0 bridgehead atoms. The Morgan fingerprint density at radius 2 is 2.08 bits per heavy atom. The summed E-state index contributed by atoms with van der Waals surface area (Å²) in [5, 5.41) is 6.71. The van der Waals surface area contributed by atoms with Crippen LogP contribution in [0.3, 0.4) is 0 Å². The maximum Gasteiger partial charge on any atom is 0.393 e. The van der Waals surface area contributed by atoms with Crippen molar-refractivity contribution in [3.8, 4) is 17.6 Å². The fourth-order valence-corrected chi connectivity index (χ4v) is 5.58. The van der Waals surface area contributed by atoms with Crippen LogP contribution in [0.15, 0.2) is 36.4 Å². The van der Waals surface area contributed by atoms with E-state index >= 15 is 0 Å². The van der Waals surface area contributed by atoms with Crippen molar-refractivity contribution in [3.05, 3.63) is 52.4 Å². The largest absolute Gasteiger partial charge is 0.497 e. The number of amides is 1. The number of piperidine rings is 1. The number of nitrogens with one attached hydrogen (secondary N) is 2. The predicted molar refractivity (Wildman–Crippen MR) is 143 cm³/mol. The molecule has 2 heterocycles. The Morgan fingerprint density at radius 3 is 2.76 bits per heavy atom. The molecule has 11 heteroatoms. The molecular weight excluding hydrogens is 520 g/mol. The molecule has 1 aliphatic rings. The summed E-state index contributed by atoms with van der Waals surface area (Å²) in [5.41, 5.74) is 6.85. The maximum atomic E-state index is 14.6. The number of benzene rings is 2. The van der Waals surface area contributed by atoms with Crippen LogP contribution in [0, 0.1) is 11.8 Å². The Labute approximate surface area is 222 Å². The van der Waals surface area contributed by atoms with E-state index in [1.54, 1.807) is 30.3 Å². The van der Waals surface area contributed by atoms with Crippen molar-refractivity contribution in [2.75, 3.05) is 44.4 Å². The molecule has 0 saturated carbocycles. The van der Waals surface area contributed by atoms with Gasteiger partial charge in [-0.1, -0.05) is 24.0 Å². The zero-order valence-electron chi connectivity index (χ0n) is 20.9. The Morgan fingerprint density at radius 1 is 1.29 bits per heavy atom. The summed E-state index contributed by atoms with van der Waals surface area (Å²) >= 11 is 1.16. The average Bonchev–Trinajstić information content (AvgIpc) is 3.20. The van der Waals surface area contributed by atoms with Crippen molar-refractivity contribution in [1.29, 1.82) is 0 Å². The third-order valence-corrected chi connectivity index (χ3v) is 7.49. The second kappa shape index (κ2) is 11.5. The summed E-state index contributed by atoms with van der Waals surface area (Å²) in [6.07, 6.45) is -6.04. The third-order valence-electron chi connectivity index (χ3n) is 6.29. The first-order chi connectivity index (χ1) is 18.0. The molecule has 1 aliphatic heterocycles. The van der Waals surface area contributed by atoms with E-state index in [0.717, 1.165) is 17.9 Å². The van der Waals surface area contributed by atoms with E-state index < -0.39 is 30.7 Å². The zero-order chi connectivity index (χ0) is 27.4. The van der Waals surface area contributed by atoms with Crippen molar-refractivity contribution in [2.24, 2.45) is 5.73 Å². The molecular formula is C27H28F4N4O2S. The van der Waals surface area contributed by atoms with Gasteiger partial charge in [-0.05, 0) is 42.6 Å². The number of alkyl halides is 4. The second-order valence-electron chi connectivity index (χ2n) is 9.17. The lowest BCUT2D eigenvalue weighted by atomic mass is 10.0. The summed E-state index contributed by atoms with van der Waals surface area (Å²) in [7, 11) is 3.31. The van der Waals surface area contributed by atoms with Crippen LogP contribution < -0.4 is 21.1 Å². The summed E-state index contributed by atoms with van der Waals surface area (Å²) in [5.74, 6) is 5.56. The number of hydrogen-bond donors (Lipinski definition) is 3. The van der Waals surface area contributed by atoms with Gasteiger partial charge >= 0.3 is 6.18 Å². The Balaban J connectivity index is 1.61. The zero-order valence-corrected chi connectivity index (χ0v) is 21.7. The topological polar surface area (TPSA) is 79.6 Å². The molecule has 202 valence electrons. The van der Waals surface area contributed by atoms with Crippen LogP contribution >= 0.6 is 11.3 Å². The fraction of sp³-hybridized carbons (Fsp3) is 0.370. The Bertz CT molecular complexity index is 1380. The lowest BCUT2D eigenvalue weighted by Crippen LogP contribution is -2.46. The molecule has 0 radical (unpaired) electrons. The minimum absolute atomic E-state index is 0.103. The molecule has 6 nitrogen and oxygen atoms in total. The van der Waals surface area contributed by atoms with Crippen LogP contribution in [0.25, 0.3) is 10.1 Å². The highest BCUT2D eigenvalue weighted by Crippen LogP contribution is 2.39. The lowest BCUT2D eigenvalue weighted by Gasteiger charge is -2.33. The summed E-state index contributed by atoms with van der Waals surface area (Å²) in [6, 6.07) is 9.36. The second-order valence-corrected chi connectivity index (χ2v) is 10.2. The van der Waals surface area contributed by atoms with E-state index in [4.69, 9.17) is 10.5 Å². The molecule has 2 aromatic carbocycles. The fourth-order valence-electron chi connectivity index (χ4n) is 4.41. The van der Waals surface area contributed by atoms with Gasteiger partial charge in [0.2, 0.25) is 5.91 Å². The van der Waals surface area contributed by atoms with E-state index in [1.807, 2.05) is 11.9 Å². The number of hydrogen-bond acceptors (Lipinski definition) is 6.